The molecule has 0 spiro atoms. The van der Waals surface area contributed by atoms with Gasteiger partial charge in [-0.2, -0.15) is 0 Å². The molecule has 22 heavy (non-hydrogen) atoms. The quantitative estimate of drug-likeness (QED) is 0.857. The molecule has 1 fully saturated rings. The topological polar surface area (TPSA) is 61.9 Å². The van der Waals surface area contributed by atoms with Gasteiger partial charge in [0, 0.05) is 13.1 Å². The van der Waals surface area contributed by atoms with E-state index < -0.39 is 0 Å². The smallest absolute Gasteiger partial charge is 0.409 e. The number of benzene rings is 1. The van der Waals surface area contributed by atoms with Crippen LogP contribution in [-0.4, -0.2) is 62.1 Å². The summed E-state index contributed by atoms with van der Waals surface area (Å²) in [5.41, 5.74) is 2.08. The van der Waals surface area contributed by atoms with Crippen molar-refractivity contribution in [3.8, 4) is 0 Å². The highest BCUT2D eigenvalue weighted by atomic mass is 16.6. The van der Waals surface area contributed by atoms with Crippen LogP contribution < -0.4 is 5.32 Å². The Balaban J connectivity index is 1.94. The number of hydrogen-bond donors (Lipinski definition) is 1. The van der Waals surface area contributed by atoms with Crippen molar-refractivity contribution in [3.05, 3.63) is 35.4 Å². The Hall–Kier alpha value is -2.08. The minimum absolute atomic E-state index is 0.0665. The molecule has 1 N–H and O–H groups in total. The zero-order valence-electron chi connectivity index (χ0n) is 13.3. The van der Waals surface area contributed by atoms with E-state index in [1.165, 1.54) is 0 Å². The lowest BCUT2D eigenvalue weighted by molar-refractivity contribution is -0.125. The van der Waals surface area contributed by atoms with Crippen molar-refractivity contribution in [1.82, 2.24) is 15.1 Å². The van der Waals surface area contributed by atoms with Gasteiger partial charge in [-0.15, -0.1) is 0 Å². The molecule has 2 rings (SSSR count). The molecule has 0 bridgehead atoms. The van der Waals surface area contributed by atoms with Crippen molar-refractivity contribution in [2.24, 2.45) is 0 Å². The van der Waals surface area contributed by atoms with Crippen molar-refractivity contribution < 1.29 is 14.3 Å². The van der Waals surface area contributed by atoms with Crippen LogP contribution in [0.25, 0.3) is 0 Å². The summed E-state index contributed by atoms with van der Waals surface area (Å²) in [6.45, 7) is 3.91. The fourth-order valence-corrected chi connectivity index (χ4v) is 2.56. The molecule has 1 aliphatic heterocycles. The Labute approximate surface area is 131 Å². The summed E-state index contributed by atoms with van der Waals surface area (Å²) in [5, 5.41) is 2.90. The zero-order chi connectivity index (χ0) is 16.1. The standard InChI is InChI=1S/C16H23N3O3/c1-12-5-4-6-13(11-12)14(18(2)3)15(20)17-7-8-19-9-10-22-16(19)21/h4-6,11,14H,7-10H2,1-3H3,(H,17,20). The monoisotopic (exact) mass is 305 g/mol. The predicted molar refractivity (Wildman–Crippen MR) is 83.5 cm³/mol. The summed E-state index contributed by atoms with van der Waals surface area (Å²) in [4.78, 5) is 27.3. The van der Waals surface area contributed by atoms with Crippen LogP contribution in [0.2, 0.25) is 0 Å². The van der Waals surface area contributed by atoms with Gasteiger partial charge in [-0.05, 0) is 26.6 Å². The Bertz CT molecular complexity index is 545. The number of hydrogen-bond acceptors (Lipinski definition) is 4. The third-order valence-electron chi connectivity index (χ3n) is 3.65. The maximum Gasteiger partial charge on any atom is 0.409 e. The van der Waals surface area contributed by atoms with Crippen molar-refractivity contribution >= 4 is 12.0 Å². The van der Waals surface area contributed by atoms with Crippen LogP contribution >= 0.6 is 0 Å². The van der Waals surface area contributed by atoms with Gasteiger partial charge in [0.25, 0.3) is 0 Å². The molecular weight excluding hydrogens is 282 g/mol. The van der Waals surface area contributed by atoms with E-state index in [0.29, 0.717) is 26.2 Å². The van der Waals surface area contributed by atoms with Gasteiger partial charge in [-0.25, -0.2) is 4.79 Å². The van der Waals surface area contributed by atoms with Crippen LogP contribution in [0.3, 0.4) is 0 Å². The van der Waals surface area contributed by atoms with Gasteiger partial charge in [-0.3, -0.25) is 9.69 Å². The first-order chi connectivity index (χ1) is 10.5. The lowest BCUT2D eigenvalue weighted by atomic mass is 10.0. The maximum absolute atomic E-state index is 12.5. The molecule has 1 unspecified atom stereocenters. The second kappa shape index (κ2) is 7.26. The minimum atomic E-state index is -0.342. The Morgan fingerprint density at radius 3 is 2.82 bits per heavy atom. The highest BCUT2D eigenvalue weighted by molar-refractivity contribution is 5.83. The molecule has 1 atom stereocenters. The normalized spacial score (nSPS) is 15.8. The Morgan fingerprint density at radius 1 is 1.45 bits per heavy atom. The second-order valence-corrected chi connectivity index (χ2v) is 5.67. The third kappa shape index (κ3) is 3.98. The number of rotatable bonds is 6. The second-order valence-electron chi connectivity index (χ2n) is 5.67. The minimum Gasteiger partial charge on any atom is -0.448 e. The highest BCUT2D eigenvalue weighted by Crippen LogP contribution is 2.19. The molecule has 120 valence electrons. The molecule has 1 aromatic carbocycles. The average molecular weight is 305 g/mol. The molecule has 1 saturated heterocycles. The summed E-state index contributed by atoms with van der Waals surface area (Å²) >= 11 is 0. The highest BCUT2D eigenvalue weighted by Gasteiger charge is 2.24. The predicted octanol–water partition coefficient (Wildman–Crippen LogP) is 1.17. The van der Waals surface area contributed by atoms with Gasteiger partial charge in [0.05, 0.1) is 6.54 Å². The van der Waals surface area contributed by atoms with E-state index in [4.69, 9.17) is 4.74 Å². The van der Waals surface area contributed by atoms with Crippen LogP contribution in [0, 0.1) is 6.92 Å². The van der Waals surface area contributed by atoms with Crippen molar-refractivity contribution in [2.75, 3.05) is 40.3 Å². The third-order valence-corrected chi connectivity index (χ3v) is 3.65. The molecule has 6 heteroatoms. The first kappa shape index (κ1) is 16.3. The van der Waals surface area contributed by atoms with Gasteiger partial charge in [0.2, 0.25) is 5.91 Å². The maximum atomic E-state index is 12.5. The van der Waals surface area contributed by atoms with Crippen LogP contribution in [-0.2, 0) is 9.53 Å². The van der Waals surface area contributed by atoms with Crippen LogP contribution in [0.1, 0.15) is 17.2 Å². The number of ether oxygens (including phenoxy) is 1. The largest absolute Gasteiger partial charge is 0.448 e. The van der Waals surface area contributed by atoms with E-state index in [0.717, 1.165) is 11.1 Å². The van der Waals surface area contributed by atoms with E-state index in [9.17, 15) is 9.59 Å². The lowest BCUT2D eigenvalue weighted by Gasteiger charge is -2.24. The molecule has 0 saturated carbocycles. The molecule has 1 aromatic rings. The number of cyclic esters (lactones) is 1. The molecule has 0 radical (unpaired) electrons. The van der Waals surface area contributed by atoms with Crippen LogP contribution in [0.4, 0.5) is 4.79 Å². The van der Waals surface area contributed by atoms with E-state index >= 15 is 0 Å². The molecular formula is C16H23N3O3. The molecule has 0 aliphatic carbocycles. The number of aryl methyl sites for hydroxylation is 1. The number of nitrogens with zero attached hydrogens (tertiary/aromatic N) is 2. The van der Waals surface area contributed by atoms with E-state index in [1.54, 1.807) is 4.90 Å². The fourth-order valence-electron chi connectivity index (χ4n) is 2.56. The van der Waals surface area contributed by atoms with E-state index in [2.05, 4.69) is 5.32 Å². The summed E-state index contributed by atoms with van der Waals surface area (Å²) in [6, 6.07) is 7.59. The van der Waals surface area contributed by atoms with E-state index in [1.807, 2.05) is 50.2 Å². The van der Waals surface area contributed by atoms with Gasteiger partial charge in [0.1, 0.15) is 12.6 Å². The zero-order valence-corrected chi connectivity index (χ0v) is 13.3. The molecule has 1 heterocycles. The average Bonchev–Trinajstić information content (AvgIpc) is 2.84. The summed E-state index contributed by atoms with van der Waals surface area (Å²) in [5.74, 6) is -0.0665. The number of likely N-dealkylation sites (N-methyl/N-ethyl adjacent to an activating group) is 1. The summed E-state index contributed by atoms with van der Waals surface area (Å²) in [6.07, 6.45) is -0.308. The number of carbonyl (C=O) groups is 2. The van der Waals surface area contributed by atoms with Gasteiger partial charge < -0.3 is 15.0 Å². The molecule has 0 aromatic heterocycles. The van der Waals surface area contributed by atoms with E-state index in [-0.39, 0.29) is 18.0 Å². The first-order valence-corrected chi connectivity index (χ1v) is 7.41. The Kier molecular flexibility index (Phi) is 5.38. The van der Waals surface area contributed by atoms with Crippen molar-refractivity contribution in [1.29, 1.82) is 0 Å². The molecule has 6 nitrogen and oxygen atoms in total. The summed E-state index contributed by atoms with van der Waals surface area (Å²) < 4.78 is 4.86. The first-order valence-electron chi connectivity index (χ1n) is 7.41. The molecule has 1 aliphatic rings. The van der Waals surface area contributed by atoms with Gasteiger partial charge in [-0.1, -0.05) is 29.8 Å². The number of carbonyl (C=O) groups excluding carboxylic acids is 2. The molecule has 2 amide bonds. The van der Waals surface area contributed by atoms with Crippen LogP contribution in [0.15, 0.2) is 24.3 Å². The summed E-state index contributed by atoms with van der Waals surface area (Å²) in [7, 11) is 3.76. The van der Waals surface area contributed by atoms with Crippen molar-refractivity contribution in [3.63, 3.8) is 0 Å². The van der Waals surface area contributed by atoms with Gasteiger partial charge in [0.15, 0.2) is 0 Å². The van der Waals surface area contributed by atoms with Crippen molar-refractivity contribution in [2.45, 2.75) is 13.0 Å². The fraction of sp³-hybridized carbons (Fsp3) is 0.500. The Morgan fingerprint density at radius 2 is 2.23 bits per heavy atom. The lowest BCUT2D eigenvalue weighted by Crippen LogP contribution is -2.41. The van der Waals surface area contributed by atoms with Gasteiger partial charge >= 0.3 is 6.09 Å². The SMILES string of the molecule is Cc1cccc(C(C(=O)NCCN2CCOC2=O)N(C)C)c1. The number of amides is 2. The number of nitrogens with one attached hydrogen (secondary N) is 1. The van der Waals surface area contributed by atoms with Crippen LogP contribution in [0.5, 0.6) is 0 Å².